The van der Waals surface area contributed by atoms with Crippen LogP contribution in [0.15, 0.2) is 34.5 Å². The molecule has 2 aromatic rings. The van der Waals surface area contributed by atoms with Gasteiger partial charge in [-0.1, -0.05) is 35.1 Å². The number of aliphatic hydroxyl groups excluding tert-OH is 1. The summed E-state index contributed by atoms with van der Waals surface area (Å²) in [5.41, 5.74) is 0.253. The van der Waals surface area contributed by atoms with Crippen molar-refractivity contribution in [3.05, 3.63) is 51.0 Å². The van der Waals surface area contributed by atoms with Gasteiger partial charge in [0.15, 0.2) is 14.8 Å². The van der Waals surface area contributed by atoms with Crippen molar-refractivity contribution in [3.63, 3.8) is 0 Å². The third-order valence-corrected chi connectivity index (χ3v) is 6.10. The number of hydrogen-bond acceptors (Lipinski definition) is 7. The van der Waals surface area contributed by atoms with Crippen molar-refractivity contribution < 1.29 is 18.4 Å². The van der Waals surface area contributed by atoms with E-state index in [1.165, 1.54) is 0 Å². The Kier molecular flexibility index (Phi) is 5.25. The minimum absolute atomic E-state index is 0.00775. The van der Waals surface area contributed by atoms with Crippen molar-refractivity contribution in [3.8, 4) is 0 Å². The number of nitrogens with zero attached hydrogens (tertiary/aromatic N) is 1. The van der Waals surface area contributed by atoms with E-state index in [1.54, 1.807) is 24.3 Å². The van der Waals surface area contributed by atoms with Gasteiger partial charge >= 0.3 is 5.69 Å². The molecular formula is C13H13ClN2O5S2. The smallest absolute Gasteiger partial charge is 0.304 e. The molecule has 0 aliphatic heterocycles. The molecule has 1 atom stereocenters. The topological polar surface area (TPSA) is 110 Å². The summed E-state index contributed by atoms with van der Waals surface area (Å²) >= 11 is 6.52. The molecule has 0 amide bonds. The van der Waals surface area contributed by atoms with Crippen LogP contribution < -0.4 is 5.32 Å². The zero-order chi connectivity index (χ0) is 17.2. The second-order valence-corrected chi connectivity index (χ2v) is 8.49. The van der Waals surface area contributed by atoms with Gasteiger partial charge in [-0.25, -0.2) is 8.42 Å². The maximum absolute atomic E-state index is 11.5. The predicted molar refractivity (Wildman–Crippen MR) is 89.0 cm³/mol. The fourth-order valence-electron chi connectivity index (χ4n) is 1.80. The van der Waals surface area contributed by atoms with E-state index < -0.39 is 20.9 Å². The monoisotopic (exact) mass is 376 g/mol. The second kappa shape index (κ2) is 6.83. The lowest BCUT2D eigenvalue weighted by Crippen LogP contribution is -2.12. The van der Waals surface area contributed by atoms with Gasteiger partial charge in [0.1, 0.15) is 4.21 Å². The maximum atomic E-state index is 11.5. The van der Waals surface area contributed by atoms with Crippen molar-refractivity contribution in [2.24, 2.45) is 0 Å². The van der Waals surface area contributed by atoms with E-state index in [2.05, 4.69) is 5.32 Å². The number of sulfone groups is 1. The molecule has 0 fully saturated rings. The molecule has 7 nitrogen and oxygen atoms in total. The fourth-order valence-corrected chi connectivity index (χ4v) is 3.87. The lowest BCUT2D eigenvalue weighted by molar-refractivity contribution is -0.383. The number of anilines is 1. The first-order valence-corrected chi connectivity index (χ1v) is 9.42. The molecule has 10 heteroatoms. The normalized spacial score (nSPS) is 12.8. The second-order valence-electron chi connectivity index (χ2n) is 4.76. The number of nitro groups is 1. The number of rotatable bonds is 6. The van der Waals surface area contributed by atoms with E-state index in [-0.39, 0.29) is 21.4 Å². The van der Waals surface area contributed by atoms with Gasteiger partial charge in [0.25, 0.3) is 0 Å². The molecule has 0 aliphatic rings. The molecule has 0 aliphatic carbocycles. The van der Waals surface area contributed by atoms with E-state index in [9.17, 15) is 23.6 Å². The van der Waals surface area contributed by atoms with Crippen molar-refractivity contribution >= 4 is 43.5 Å². The van der Waals surface area contributed by atoms with E-state index in [0.29, 0.717) is 10.6 Å². The highest BCUT2D eigenvalue weighted by Gasteiger charge is 2.24. The average Bonchev–Trinajstić information content (AvgIpc) is 2.90. The molecule has 1 aromatic heterocycles. The van der Waals surface area contributed by atoms with E-state index in [4.69, 9.17) is 11.6 Å². The van der Waals surface area contributed by atoms with Gasteiger partial charge in [0.2, 0.25) is 0 Å². The summed E-state index contributed by atoms with van der Waals surface area (Å²) in [4.78, 5) is 10.3. The Morgan fingerprint density at radius 1 is 1.39 bits per heavy atom. The number of aliphatic hydroxyl groups is 1. The Morgan fingerprint density at radius 2 is 2.00 bits per heavy atom. The standard InChI is InChI=1S/C13H13ClN2O5S2/c1-23(20,21)12-6-10(16(18)19)13(22-12)15-7-11(17)8-2-4-9(14)5-3-8/h2-6,11,15,17H,7H2,1H3. The molecule has 1 heterocycles. The molecule has 0 saturated carbocycles. The summed E-state index contributed by atoms with van der Waals surface area (Å²) < 4.78 is 22.9. The van der Waals surface area contributed by atoms with Crippen LogP contribution in [0.4, 0.5) is 10.7 Å². The summed E-state index contributed by atoms with van der Waals surface area (Å²) in [6.45, 7) is -0.00775. The Bertz CT molecular complexity index is 817. The Morgan fingerprint density at radius 3 is 2.52 bits per heavy atom. The minimum atomic E-state index is -3.54. The van der Waals surface area contributed by atoms with Crippen LogP contribution in [0.5, 0.6) is 0 Å². The molecule has 1 aromatic carbocycles. The van der Waals surface area contributed by atoms with Crippen molar-refractivity contribution in [1.29, 1.82) is 0 Å². The third kappa shape index (κ3) is 4.41. The largest absolute Gasteiger partial charge is 0.387 e. The van der Waals surface area contributed by atoms with Crippen LogP contribution in [0.1, 0.15) is 11.7 Å². The highest BCUT2D eigenvalue weighted by molar-refractivity contribution is 7.92. The quantitative estimate of drug-likeness (QED) is 0.592. The first-order chi connectivity index (χ1) is 10.7. The third-order valence-electron chi connectivity index (χ3n) is 2.96. The maximum Gasteiger partial charge on any atom is 0.304 e. The highest BCUT2D eigenvalue weighted by atomic mass is 35.5. The predicted octanol–water partition coefficient (Wildman–Crippen LogP) is 2.86. The molecule has 0 saturated heterocycles. The van der Waals surface area contributed by atoms with Crippen LogP contribution in [0, 0.1) is 10.1 Å². The van der Waals surface area contributed by atoms with Crippen molar-refractivity contribution in [2.45, 2.75) is 10.3 Å². The van der Waals surface area contributed by atoms with Gasteiger partial charge < -0.3 is 10.4 Å². The first-order valence-electron chi connectivity index (χ1n) is 6.34. The molecule has 0 spiro atoms. The summed E-state index contributed by atoms with van der Waals surface area (Å²) in [6, 6.07) is 7.53. The summed E-state index contributed by atoms with van der Waals surface area (Å²) in [5, 5.41) is 24.4. The molecule has 0 bridgehead atoms. The zero-order valence-corrected chi connectivity index (χ0v) is 14.3. The van der Waals surface area contributed by atoms with Crippen LogP contribution in [-0.4, -0.2) is 31.2 Å². The van der Waals surface area contributed by atoms with Gasteiger partial charge in [-0.2, -0.15) is 0 Å². The lowest BCUT2D eigenvalue weighted by Gasteiger charge is -2.12. The average molecular weight is 377 g/mol. The zero-order valence-electron chi connectivity index (χ0n) is 11.9. The number of thiophene rings is 1. The van der Waals surface area contributed by atoms with Crippen LogP contribution in [-0.2, 0) is 9.84 Å². The Labute approximate surface area is 141 Å². The molecule has 124 valence electrons. The van der Waals surface area contributed by atoms with Gasteiger partial charge in [0, 0.05) is 23.9 Å². The van der Waals surface area contributed by atoms with Gasteiger partial charge in [-0.15, -0.1) is 0 Å². The molecule has 2 rings (SSSR count). The van der Waals surface area contributed by atoms with Crippen molar-refractivity contribution in [2.75, 3.05) is 18.1 Å². The van der Waals surface area contributed by atoms with Crippen LogP contribution in [0.25, 0.3) is 0 Å². The molecule has 2 N–H and O–H groups in total. The molecular weight excluding hydrogens is 364 g/mol. The number of halogens is 1. The summed E-state index contributed by atoms with van der Waals surface area (Å²) in [5.74, 6) is 0. The van der Waals surface area contributed by atoms with E-state index >= 15 is 0 Å². The summed E-state index contributed by atoms with van der Waals surface area (Å²) in [6.07, 6.45) is 0.0604. The van der Waals surface area contributed by atoms with Crippen molar-refractivity contribution in [1.82, 2.24) is 0 Å². The van der Waals surface area contributed by atoms with Gasteiger partial charge in [0.05, 0.1) is 11.0 Å². The molecule has 23 heavy (non-hydrogen) atoms. The van der Waals surface area contributed by atoms with Gasteiger partial charge in [-0.05, 0) is 17.7 Å². The highest BCUT2D eigenvalue weighted by Crippen LogP contribution is 2.37. The Balaban J connectivity index is 2.18. The van der Waals surface area contributed by atoms with Crippen LogP contribution in [0.3, 0.4) is 0 Å². The van der Waals surface area contributed by atoms with E-state index in [1.807, 2.05) is 0 Å². The van der Waals surface area contributed by atoms with Crippen LogP contribution in [0.2, 0.25) is 5.02 Å². The van der Waals surface area contributed by atoms with E-state index in [0.717, 1.165) is 23.7 Å². The molecule has 0 radical (unpaired) electrons. The first kappa shape index (κ1) is 17.7. The summed E-state index contributed by atoms with van der Waals surface area (Å²) in [7, 11) is -3.54. The number of hydrogen-bond donors (Lipinski definition) is 2. The lowest BCUT2D eigenvalue weighted by atomic mass is 10.1. The fraction of sp³-hybridized carbons (Fsp3) is 0.231. The number of benzene rings is 1. The Hall–Kier alpha value is -1.68. The SMILES string of the molecule is CS(=O)(=O)c1cc([N+](=O)[O-])c(NCC(O)c2ccc(Cl)cc2)s1. The number of nitrogens with one attached hydrogen (secondary N) is 1. The van der Waals surface area contributed by atoms with Crippen LogP contribution >= 0.6 is 22.9 Å². The van der Waals surface area contributed by atoms with Gasteiger partial charge in [-0.3, -0.25) is 10.1 Å². The molecule has 1 unspecified atom stereocenters. The minimum Gasteiger partial charge on any atom is -0.387 e.